The second kappa shape index (κ2) is 16.6. The predicted octanol–water partition coefficient (Wildman–Crippen LogP) is 5.93. The van der Waals surface area contributed by atoms with Crippen LogP contribution >= 0.6 is 0 Å². The SMILES string of the molecule is CN(C)CCCNC(=O)CCCCCCCCCCCCC1CCCC1. The lowest BCUT2D eigenvalue weighted by atomic mass is 9.99. The van der Waals surface area contributed by atoms with Gasteiger partial charge in [-0.15, -0.1) is 0 Å². The molecule has 0 aromatic rings. The van der Waals surface area contributed by atoms with Crippen LogP contribution in [0.2, 0.25) is 0 Å². The highest BCUT2D eigenvalue weighted by atomic mass is 16.1. The van der Waals surface area contributed by atoms with Crippen molar-refractivity contribution in [3.63, 3.8) is 0 Å². The molecule has 0 saturated heterocycles. The fourth-order valence-electron chi connectivity index (χ4n) is 4.14. The predicted molar refractivity (Wildman–Crippen MR) is 114 cm³/mol. The van der Waals surface area contributed by atoms with E-state index < -0.39 is 0 Å². The van der Waals surface area contributed by atoms with E-state index in [0.29, 0.717) is 6.42 Å². The largest absolute Gasteiger partial charge is 0.356 e. The third-order valence-electron chi connectivity index (χ3n) is 5.85. The Morgan fingerprint density at radius 3 is 1.92 bits per heavy atom. The number of hydrogen-bond acceptors (Lipinski definition) is 2. The van der Waals surface area contributed by atoms with Gasteiger partial charge in [0.05, 0.1) is 0 Å². The molecule has 26 heavy (non-hydrogen) atoms. The van der Waals surface area contributed by atoms with Gasteiger partial charge in [0.2, 0.25) is 5.91 Å². The van der Waals surface area contributed by atoms with Gasteiger partial charge < -0.3 is 10.2 Å². The van der Waals surface area contributed by atoms with Crippen LogP contribution in [0.1, 0.15) is 109 Å². The number of unbranched alkanes of at least 4 members (excludes halogenated alkanes) is 9. The fourth-order valence-corrected chi connectivity index (χ4v) is 4.14. The molecule has 1 N–H and O–H groups in total. The van der Waals surface area contributed by atoms with E-state index in [0.717, 1.165) is 31.8 Å². The monoisotopic (exact) mass is 366 g/mol. The first-order chi connectivity index (χ1) is 12.7. The van der Waals surface area contributed by atoms with Crippen LogP contribution in [0.4, 0.5) is 0 Å². The van der Waals surface area contributed by atoms with E-state index in [-0.39, 0.29) is 5.91 Å². The van der Waals surface area contributed by atoms with Crippen LogP contribution in [0.25, 0.3) is 0 Å². The third kappa shape index (κ3) is 14.6. The maximum atomic E-state index is 11.7. The van der Waals surface area contributed by atoms with Gasteiger partial charge in [0.15, 0.2) is 0 Å². The molecule has 0 aliphatic heterocycles. The van der Waals surface area contributed by atoms with Crippen molar-refractivity contribution < 1.29 is 4.79 Å². The van der Waals surface area contributed by atoms with Crippen LogP contribution in [-0.2, 0) is 4.79 Å². The zero-order chi connectivity index (χ0) is 18.9. The van der Waals surface area contributed by atoms with Crippen molar-refractivity contribution in [3.05, 3.63) is 0 Å². The number of carbonyl (C=O) groups is 1. The van der Waals surface area contributed by atoms with Crippen molar-refractivity contribution in [3.8, 4) is 0 Å². The third-order valence-corrected chi connectivity index (χ3v) is 5.85. The zero-order valence-electron chi connectivity index (χ0n) is 17.9. The molecular weight excluding hydrogens is 320 g/mol. The smallest absolute Gasteiger partial charge is 0.219 e. The maximum Gasteiger partial charge on any atom is 0.219 e. The highest BCUT2D eigenvalue weighted by Gasteiger charge is 2.13. The van der Waals surface area contributed by atoms with Crippen LogP contribution in [0.15, 0.2) is 0 Å². The van der Waals surface area contributed by atoms with Crippen molar-refractivity contribution in [2.45, 2.75) is 109 Å². The molecule has 0 radical (unpaired) electrons. The Labute approximate surface area is 163 Å². The zero-order valence-corrected chi connectivity index (χ0v) is 17.9. The highest BCUT2D eigenvalue weighted by Crippen LogP contribution is 2.29. The first-order valence-electron chi connectivity index (χ1n) is 11.6. The van der Waals surface area contributed by atoms with Gasteiger partial charge in [-0.25, -0.2) is 0 Å². The Morgan fingerprint density at radius 1 is 0.808 bits per heavy atom. The summed E-state index contributed by atoms with van der Waals surface area (Å²) in [5.41, 5.74) is 0. The Morgan fingerprint density at radius 2 is 1.35 bits per heavy atom. The molecule has 3 nitrogen and oxygen atoms in total. The summed E-state index contributed by atoms with van der Waals surface area (Å²) in [5.74, 6) is 1.32. The first-order valence-corrected chi connectivity index (χ1v) is 11.6. The summed E-state index contributed by atoms with van der Waals surface area (Å²) in [5, 5.41) is 3.03. The van der Waals surface area contributed by atoms with Crippen LogP contribution < -0.4 is 5.32 Å². The Kier molecular flexibility index (Phi) is 15.0. The van der Waals surface area contributed by atoms with E-state index >= 15 is 0 Å². The topological polar surface area (TPSA) is 32.3 Å². The van der Waals surface area contributed by atoms with Crippen molar-refractivity contribution in [2.24, 2.45) is 5.92 Å². The molecule has 0 aromatic carbocycles. The van der Waals surface area contributed by atoms with Crippen molar-refractivity contribution >= 4 is 5.91 Å². The van der Waals surface area contributed by atoms with E-state index in [2.05, 4.69) is 24.3 Å². The van der Waals surface area contributed by atoms with Gasteiger partial charge >= 0.3 is 0 Å². The van der Waals surface area contributed by atoms with Gasteiger partial charge in [0, 0.05) is 13.0 Å². The molecule has 1 aliphatic carbocycles. The molecule has 1 amide bonds. The molecular formula is C23H46N2O. The van der Waals surface area contributed by atoms with E-state index in [9.17, 15) is 4.79 Å². The number of carbonyl (C=O) groups excluding carboxylic acids is 1. The van der Waals surface area contributed by atoms with Crippen LogP contribution in [0.5, 0.6) is 0 Å². The van der Waals surface area contributed by atoms with Gasteiger partial charge in [-0.3, -0.25) is 4.79 Å². The van der Waals surface area contributed by atoms with E-state index in [1.54, 1.807) is 0 Å². The average Bonchev–Trinajstić information content (AvgIpc) is 3.13. The highest BCUT2D eigenvalue weighted by molar-refractivity contribution is 5.75. The molecule has 1 rings (SSSR count). The lowest BCUT2D eigenvalue weighted by molar-refractivity contribution is -0.121. The van der Waals surface area contributed by atoms with Crippen molar-refractivity contribution in [1.82, 2.24) is 10.2 Å². The Hall–Kier alpha value is -0.570. The molecule has 154 valence electrons. The second-order valence-corrected chi connectivity index (χ2v) is 8.73. The molecule has 0 bridgehead atoms. The molecule has 1 aliphatic rings. The molecule has 0 unspecified atom stereocenters. The number of nitrogens with zero attached hydrogens (tertiary/aromatic N) is 1. The minimum Gasteiger partial charge on any atom is -0.356 e. The summed E-state index contributed by atoms with van der Waals surface area (Å²) in [7, 11) is 4.14. The minimum absolute atomic E-state index is 0.237. The van der Waals surface area contributed by atoms with Crippen molar-refractivity contribution in [2.75, 3.05) is 27.2 Å². The standard InChI is InChI=1S/C23H46N2O/c1-25(2)21-15-20-24-23(26)19-12-10-8-6-4-3-5-7-9-11-16-22-17-13-14-18-22/h22H,3-21H2,1-2H3,(H,24,26). The number of amides is 1. The van der Waals surface area contributed by atoms with Gasteiger partial charge in [0.25, 0.3) is 0 Å². The molecule has 0 aromatic heterocycles. The molecule has 1 fully saturated rings. The molecule has 0 heterocycles. The van der Waals surface area contributed by atoms with Gasteiger partial charge in [-0.05, 0) is 39.4 Å². The minimum atomic E-state index is 0.237. The van der Waals surface area contributed by atoms with Gasteiger partial charge in [0.1, 0.15) is 0 Å². The van der Waals surface area contributed by atoms with Crippen LogP contribution in [-0.4, -0.2) is 38.0 Å². The normalized spacial score (nSPS) is 15.0. The number of hydrogen-bond donors (Lipinski definition) is 1. The summed E-state index contributed by atoms with van der Waals surface area (Å²) in [4.78, 5) is 13.9. The molecule has 1 saturated carbocycles. The Balaban J connectivity index is 1.71. The number of rotatable bonds is 17. The quantitative estimate of drug-likeness (QED) is 0.324. The summed E-state index contributed by atoms with van der Waals surface area (Å²) >= 11 is 0. The van der Waals surface area contributed by atoms with E-state index in [1.807, 2.05) is 0 Å². The van der Waals surface area contributed by atoms with Crippen LogP contribution in [0.3, 0.4) is 0 Å². The molecule has 3 heteroatoms. The summed E-state index contributed by atoms with van der Waals surface area (Å²) < 4.78 is 0. The van der Waals surface area contributed by atoms with E-state index in [4.69, 9.17) is 0 Å². The lowest BCUT2D eigenvalue weighted by Crippen LogP contribution is -2.26. The van der Waals surface area contributed by atoms with Gasteiger partial charge in [-0.1, -0.05) is 89.9 Å². The van der Waals surface area contributed by atoms with E-state index in [1.165, 1.54) is 89.9 Å². The maximum absolute atomic E-state index is 11.7. The fraction of sp³-hybridized carbons (Fsp3) is 0.957. The molecule has 0 spiro atoms. The number of nitrogens with one attached hydrogen (secondary N) is 1. The van der Waals surface area contributed by atoms with Gasteiger partial charge in [-0.2, -0.15) is 0 Å². The second-order valence-electron chi connectivity index (χ2n) is 8.73. The average molecular weight is 367 g/mol. The first kappa shape index (κ1) is 23.5. The summed E-state index contributed by atoms with van der Waals surface area (Å²) in [6.07, 6.45) is 22.8. The summed E-state index contributed by atoms with van der Waals surface area (Å²) in [6.45, 7) is 1.86. The molecule has 0 atom stereocenters. The lowest BCUT2D eigenvalue weighted by Gasteiger charge is -2.09. The Bertz CT molecular complexity index is 324. The van der Waals surface area contributed by atoms with Crippen molar-refractivity contribution in [1.29, 1.82) is 0 Å². The van der Waals surface area contributed by atoms with Crippen LogP contribution in [0, 0.1) is 5.92 Å². The summed E-state index contributed by atoms with van der Waals surface area (Å²) in [6, 6.07) is 0.